The molecule has 1 aliphatic carbocycles. The summed E-state index contributed by atoms with van der Waals surface area (Å²) in [5.41, 5.74) is 4.86. The average Bonchev–Trinajstić information content (AvgIpc) is 2.19. The first-order valence-electron chi connectivity index (χ1n) is 5.73. The van der Waals surface area contributed by atoms with E-state index in [2.05, 4.69) is 0 Å². The van der Waals surface area contributed by atoms with Crippen molar-refractivity contribution < 1.29 is 9.13 Å². The zero-order chi connectivity index (χ0) is 10.0. The lowest BCUT2D eigenvalue weighted by Crippen LogP contribution is -2.45. The molecule has 2 aliphatic rings. The van der Waals surface area contributed by atoms with Gasteiger partial charge >= 0.3 is 0 Å². The zero-order valence-corrected chi connectivity index (χ0v) is 8.68. The third kappa shape index (κ3) is 2.09. The molecule has 0 spiro atoms. The highest BCUT2D eigenvalue weighted by atomic mass is 19.1. The fraction of sp³-hybridized carbons (Fsp3) is 1.00. The summed E-state index contributed by atoms with van der Waals surface area (Å²) in [7, 11) is 0. The van der Waals surface area contributed by atoms with Crippen LogP contribution in [0, 0.1) is 5.92 Å². The maximum Gasteiger partial charge on any atom is 0.115 e. The molecule has 3 heteroatoms. The van der Waals surface area contributed by atoms with Gasteiger partial charge in [-0.15, -0.1) is 0 Å². The maximum atomic E-state index is 14.6. The van der Waals surface area contributed by atoms with E-state index in [9.17, 15) is 4.39 Å². The average molecular weight is 201 g/mol. The van der Waals surface area contributed by atoms with Gasteiger partial charge in [0.15, 0.2) is 0 Å². The van der Waals surface area contributed by atoms with Crippen molar-refractivity contribution in [2.75, 3.05) is 13.2 Å². The zero-order valence-electron chi connectivity index (χ0n) is 8.68. The van der Waals surface area contributed by atoms with E-state index >= 15 is 0 Å². The molecule has 0 amide bonds. The summed E-state index contributed by atoms with van der Waals surface area (Å²) in [5, 5.41) is 0. The maximum absolute atomic E-state index is 14.6. The van der Waals surface area contributed by atoms with Gasteiger partial charge in [0, 0.05) is 19.3 Å². The van der Waals surface area contributed by atoms with Gasteiger partial charge in [-0.25, -0.2) is 4.39 Å². The number of hydrogen-bond donors (Lipinski definition) is 1. The summed E-state index contributed by atoms with van der Waals surface area (Å²) in [4.78, 5) is 0. The van der Waals surface area contributed by atoms with Gasteiger partial charge in [0.1, 0.15) is 5.67 Å². The number of hydrogen-bond acceptors (Lipinski definition) is 2. The van der Waals surface area contributed by atoms with Crippen LogP contribution in [0.5, 0.6) is 0 Å². The van der Waals surface area contributed by atoms with Crippen molar-refractivity contribution in [2.45, 2.75) is 50.2 Å². The SMILES string of the molecule is NC1CCCC(F)(C2CCOCC2)C1. The minimum Gasteiger partial charge on any atom is -0.381 e. The van der Waals surface area contributed by atoms with Crippen LogP contribution in [0.15, 0.2) is 0 Å². The van der Waals surface area contributed by atoms with E-state index < -0.39 is 5.67 Å². The van der Waals surface area contributed by atoms with Crippen molar-refractivity contribution in [3.8, 4) is 0 Å². The summed E-state index contributed by atoms with van der Waals surface area (Å²) in [6.45, 7) is 1.46. The van der Waals surface area contributed by atoms with Crippen molar-refractivity contribution >= 4 is 0 Å². The molecule has 2 unspecified atom stereocenters. The third-order valence-corrected chi connectivity index (χ3v) is 3.72. The second kappa shape index (κ2) is 4.15. The molecule has 1 heterocycles. The van der Waals surface area contributed by atoms with Crippen LogP contribution in [0.3, 0.4) is 0 Å². The Kier molecular flexibility index (Phi) is 3.07. The van der Waals surface area contributed by atoms with E-state index in [1.807, 2.05) is 0 Å². The number of rotatable bonds is 1. The molecule has 2 rings (SSSR count). The third-order valence-electron chi connectivity index (χ3n) is 3.72. The van der Waals surface area contributed by atoms with Crippen molar-refractivity contribution in [3.05, 3.63) is 0 Å². The standard InChI is InChI=1S/C11H20FNO/c12-11(5-1-2-10(13)8-11)9-3-6-14-7-4-9/h9-10H,1-8,13H2. The lowest BCUT2D eigenvalue weighted by atomic mass is 9.72. The molecule has 14 heavy (non-hydrogen) atoms. The van der Waals surface area contributed by atoms with E-state index in [-0.39, 0.29) is 12.0 Å². The first-order valence-corrected chi connectivity index (χ1v) is 5.73. The van der Waals surface area contributed by atoms with Crippen LogP contribution in [-0.2, 0) is 4.74 Å². The Labute approximate surface area is 85.0 Å². The molecule has 82 valence electrons. The molecule has 2 nitrogen and oxygen atoms in total. The minimum absolute atomic E-state index is 0.0802. The van der Waals surface area contributed by atoms with Gasteiger partial charge in [0.2, 0.25) is 0 Å². The van der Waals surface area contributed by atoms with Crippen LogP contribution in [0.25, 0.3) is 0 Å². The molecule has 2 fully saturated rings. The Bertz CT molecular complexity index is 194. The molecule has 1 saturated heterocycles. The minimum atomic E-state index is -0.985. The summed E-state index contributed by atoms with van der Waals surface area (Å²) >= 11 is 0. The van der Waals surface area contributed by atoms with Crippen LogP contribution in [0.1, 0.15) is 38.5 Å². The highest BCUT2D eigenvalue weighted by molar-refractivity contribution is 4.94. The van der Waals surface area contributed by atoms with Crippen LogP contribution in [0.4, 0.5) is 4.39 Å². The second-order valence-electron chi connectivity index (χ2n) is 4.78. The van der Waals surface area contributed by atoms with Gasteiger partial charge in [-0.05, 0) is 44.4 Å². The highest BCUT2D eigenvalue weighted by Gasteiger charge is 2.42. The molecule has 0 aromatic rings. The largest absolute Gasteiger partial charge is 0.381 e. The first kappa shape index (κ1) is 10.4. The Balaban J connectivity index is 1.98. The quantitative estimate of drug-likeness (QED) is 0.704. The van der Waals surface area contributed by atoms with Gasteiger partial charge in [0.05, 0.1) is 0 Å². The van der Waals surface area contributed by atoms with Crippen molar-refractivity contribution in [1.82, 2.24) is 0 Å². The van der Waals surface area contributed by atoms with Crippen molar-refractivity contribution in [1.29, 1.82) is 0 Å². The van der Waals surface area contributed by atoms with E-state index in [0.29, 0.717) is 12.8 Å². The Morgan fingerprint density at radius 1 is 1.21 bits per heavy atom. The Hall–Kier alpha value is -0.150. The molecule has 0 aromatic carbocycles. The monoisotopic (exact) mass is 201 g/mol. The van der Waals surface area contributed by atoms with Crippen molar-refractivity contribution in [3.63, 3.8) is 0 Å². The van der Waals surface area contributed by atoms with E-state index in [1.165, 1.54) is 0 Å². The highest BCUT2D eigenvalue weighted by Crippen LogP contribution is 2.41. The summed E-state index contributed by atoms with van der Waals surface area (Å²) in [6, 6.07) is 0.0802. The molecule has 2 N–H and O–H groups in total. The number of halogens is 1. The summed E-state index contributed by atoms with van der Waals surface area (Å²) in [5.74, 6) is 0.197. The second-order valence-corrected chi connectivity index (χ2v) is 4.78. The fourth-order valence-electron chi connectivity index (χ4n) is 2.88. The van der Waals surface area contributed by atoms with Crippen LogP contribution in [-0.4, -0.2) is 24.9 Å². The van der Waals surface area contributed by atoms with Gasteiger partial charge in [0.25, 0.3) is 0 Å². The van der Waals surface area contributed by atoms with Crippen molar-refractivity contribution in [2.24, 2.45) is 11.7 Å². The first-order chi connectivity index (χ1) is 6.71. The van der Waals surface area contributed by atoms with Crippen LogP contribution < -0.4 is 5.73 Å². The molecule has 1 aliphatic heterocycles. The fourth-order valence-corrected chi connectivity index (χ4v) is 2.88. The lowest BCUT2D eigenvalue weighted by molar-refractivity contribution is -0.0340. The normalized spacial score (nSPS) is 41.1. The van der Waals surface area contributed by atoms with E-state index in [1.54, 1.807) is 0 Å². The topological polar surface area (TPSA) is 35.2 Å². The molecular formula is C11H20FNO. The van der Waals surface area contributed by atoms with Crippen LogP contribution in [0.2, 0.25) is 0 Å². The predicted octanol–water partition coefficient (Wildman–Crippen LogP) is 2.02. The smallest absolute Gasteiger partial charge is 0.115 e. The van der Waals surface area contributed by atoms with Gasteiger partial charge in [-0.3, -0.25) is 0 Å². The number of alkyl halides is 1. The number of ether oxygens (including phenoxy) is 1. The molecule has 2 atom stereocenters. The molecule has 1 saturated carbocycles. The number of nitrogens with two attached hydrogens (primary N) is 1. The predicted molar refractivity (Wildman–Crippen MR) is 53.8 cm³/mol. The van der Waals surface area contributed by atoms with Crippen LogP contribution >= 0.6 is 0 Å². The van der Waals surface area contributed by atoms with E-state index in [4.69, 9.17) is 10.5 Å². The molecular weight excluding hydrogens is 181 g/mol. The summed E-state index contributed by atoms with van der Waals surface area (Å²) < 4.78 is 19.8. The Morgan fingerprint density at radius 3 is 2.57 bits per heavy atom. The lowest BCUT2D eigenvalue weighted by Gasteiger charge is -2.40. The van der Waals surface area contributed by atoms with Gasteiger partial charge < -0.3 is 10.5 Å². The molecule has 0 radical (unpaired) electrons. The van der Waals surface area contributed by atoms with E-state index in [0.717, 1.165) is 38.9 Å². The Morgan fingerprint density at radius 2 is 1.93 bits per heavy atom. The van der Waals surface area contributed by atoms with Gasteiger partial charge in [-0.1, -0.05) is 0 Å². The summed E-state index contributed by atoms with van der Waals surface area (Å²) in [6.07, 6.45) is 4.99. The molecule has 0 bridgehead atoms. The van der Waals surface area contributed by atoms with Gasteiger partial charge in [-0.2, -0.15) is 0 Å². The molecule has 0 aromatic heterocycles.